The van der Waals surface area contributed by atoms with E-state index in [0.29, 0.717) is 18.2 Å². The molecule has 0 N–H and O–H groups in total. The van der Waals surface area contributed by atoms with Gasteiger partial charge in [-0.3, -0.25) is 4.79 Å². The van der Waals surface area contributed by atoms with Gasteiger partial charge < -0.3 is 14.4 Å². The minimum Gasteiger partial charge on any atom is -0.494 e. The molecule has 1 amide bonds. The molecule has 2 aromatic rings. The van der Waals surface area contributed by atoms with E-state index in [1.807, 2.05) is 68.1 Å². The molecule has 1 aliphatic rings. The van der Waals surface area contributed by atoms with Crippen LogP contribution in [-0.2, 0) is 4.79 Å². The van der Waals surface area contributed by atoms with Gasteiger partial charge >= 0.3 is 0 Å². The van der Waals surface area contributed by atoms with E-state index in [-0.39, 0.29) is 5.91 Å². The van der Waals surface area contributed by atoms with Crippen molar-refractivity contribution >= 4 is 23.2 Å². The van der Waals surface area contributed by atoms with Gasteiger partial charge in [-0.05, 0) is 75.6 Å². The molecule has 2 aromatic carbocycles. The molecule has 3 rings (SSSR count). The number of ether oxygens (including phenoxy) is 2. The summed E-state index contributed by atoms with van der Waals surface area (Å²) in [5.74, 6) is 1.56. The SMILES string of the molecule is Cc1ccc2c(c1)N(CCCCOc1ccc(Cl)cc1)C(=O)C(C)(C)O2. The zero-order valence-electron chi connectivity index (χ0n) is 15.4. The minimum absolute atomic E-state index is 0.00535. The van der Waals surface area contributed by atoms with Gasteiger partial charge in [0.05, 0.1) is 12.3 Å². The second kappa shape index (κ2) is 7.58. The second-order valence-electron chi connectivity index (χ2n) is 7.05. The smallest absolute Gasteiger partial charge is 0.270 e. The summed E-state index contributed by atoms with van der Waals surface area (Å²) in [6.45, 7) is 6.89. The molecule has 26 heavy (non-hydrogen) atoms. The molecule has 1 heterocycles. The van der Waals surface area contributed by atoms with E-state index in [9.17, 15) is 4.79 Å². The number of rotatable bonds is 6. The third-order valence-electron chi connectivity index (χ3n) is 4.39. The van der Waals surface area contributed by atoms with Crippen molar-refractivity contribution in [3.63, 3.8) is 0 Å². The number of amides is 1. The lowest BCUT2D eigenvalue weighted by atomic mass is 10.0. The molecule has 0 atom stereocenters. The zero-order chi connectivity index (χ0) is 18.7. The molecule has 0 aromatic heterocycles. The molecule has 0 unspecified atom stereocenters. The van der Waals surface area contributed by atoms with Crippen molar-refractivity contribution in [1.82, 2.24) is 0 Å². The first-order valence-electron chi connectivity index (χ1n) is 8.87. The third kappa shape index (κ3) is 4.13. The van der Waals surface area contributed by atoms with Crippen LogP contribution in [0.4, 0.5) is 5.69 Å². The summed E-state index contributed by atoms with van der Waals surface area (Å²) in [4.78, 5) is 14.6. The van der Waals surface area contributed by atoms with Gasteiger partial charge in [0.1, 0.15) is 11.5 Å². The average Bonchev–Trinajstić information content (AvgIpc) is 2.60. The van der Waals surface area contributed by atoms with Gasteiger partial charge in [-0.1, -0.05) is 17.7 Å². The van der Waals surface area contributed by atoms with Gasteiger partial charge in [-0.15, -0.1) is 0 Å². The number of hydrogen-bond acceptors (Lipinski definition) is 3. The molecule has 0 aliphatic carbocycles. The van der Waals surface area contributed by atoms with Crippen LogP contribution in [0.5, 0.6) is 11.5 Å². The second-order valence-corrected chi connectivity index (χ2v) is 7.49. The number of nitrogens with zero attached hydrogens (tertiary/aromatic N) is 1. The van der Waals surface area contributed by atoms with Crippen LogP contribution in [0.3, 0.4) is 0 Å². The third-order valence-corrected chi connectivity index (χ3v) is 4.64. The maximum Gasteiger partial charge on any atom is 0.270 e. The predicted molar refractivity (Wildman–Crippen MR) is 104 cm³/mol. The molecular weight excluding hydrogens is 350 g/mol. The molecular formula is C21H24ClNO3. The Morgan fingerprint density at radius 2 is 1.85 bits per heavy atom. The van der Waals surface area contributed by atoms with Crippen molar-refractivity contribution < 1.29 is 14.3 Å². The molecule has 0 saturated heterocycles. The number of anilines is 1. The van der Waals surface area contributed by atoms with Crippen molar-refractivity contribution in [1.29, 1.82) is 0 Å². The summed E-state index contributed by atoms with van der Waals surface area (Å²) >= 11 is 5.87. The highest BCUT2D eigenvalue weighted by Crippen LogP contribution is 2.38. The first-order chi connectivity index (χ1) is 12.4. The van der Waals surface area contributed by atoms with Crippen LogP contribution in [0, 0.1) is 6.92 Å². The molecule has 138 valence electrons. The molecule has 0 radical (unpaired) electrons. The first kappa shape index (κ1) is 18.6. The van der Waals surface area contributed by atoms with Crippen LogP contribution in [0.25, 0.3) is 0 Å². The minimum atomic E-state index is -0.845. The largest absolute Gasteiger partial charge is 0.494 e. The van der Waals surface area contributed by atoms with Crippen LogP contribution in [0.15, 0.2) is 42.5 Å². The lowest BCUT2D eigenvalue weighted by Gasteiger charge is -2.39. The maximum atomic E-state index is 12.8. The van der Waals surface area contributed by atoms with Crippen LogP contribution in [0.2, 0.25) is 5.02 Å². The number of carbonyl (C=O) groups is 1. The van der Waals surface area contributed by atoms with Crippen LogP contribution in [0.1, 0.15) is 32.3 Å². The highest BCUT2D eigenvalue weighted by molar-refractivity contribution is 6.30. The number of benzene rings is 2. The Balaban J connectivity index is 1.59. The average molecular weight is 374 g/mol. The standard InChI is InChI=1S/C21H24ClNO3/c1-15-6-11-19-18(14-15)23(20(24)21(2,3)26-19)12-4-5-13-25-17-9-7-16(22)8-10-17/h6-11,14H,4-5,12-13H2,1-3H3. The van der Waals surface area contributed by atoms with Crippen molar-refractivity contribution in [2.24, 2.45) is 0 Å². The van der Waals surface area contributed by atoms with Crippen LogP contribution >= 0.6 is 11.6 Å². The number of halogens is 1. The van der Waals surface area contributed by atoms with E-state index < -0.39 is 5.60 Å². The van der Waals surface area contributed by atoms with E-state index in [4.69, 9.17) is 21.1 Å². The molecule has 5 heteroatoms. The van der Waals surface area contributed by atoms with Gasteiger partial charge in [0, 0.05) is 11.6 Å². The van der Waals surface area contributed by atoms with Crippen molar-refractivity contribution in [2.75, 3.05) is 18.1 Å². The Hall–Kier alpha value is -2.20. The lowest BCUT2D eigenvalue weighted by molar-refractivity contribution is -0.132. The quantitative estimate of drug-likeness (QED) is 0.668. The Morgan fingerprint density at radius 1 is 1.12 bits per heavy atom. The number of unbranched alkanes of at least 4 members (excludes halogenated alkanes) is 1. The molecule has 0 spiro atoms. The first-order valence-corrected chi connectivity index (χ1v) is 9.24. The van der Waals surface area contributed by atoms with Crippen LogP contribution < -0.4 is 14.4 Å². The Bertz CT molecular complexity index is 786. The Kier molecular flexibility index (Phi) is 5.42. The van der Waals surface area contributed by atoms with Crippen molar-refractivity contribution in [2.45, 2.75) is 39.2 Å². The number of hydrogen-bond donors (Lipinski definition) is 0. The number of fused-ring (bicyclic) bond motifs is 1. The summed E-state index contributed by atoms with van der Waals surface area (Å²) in [6, 6.07) is 13.3. The molecule has 0 fully saturated rings. The van der Waals surface area contributed by atoms with Gasteiger partial charge in [0.2, 0.25) is 0 Å². The van der Waals surface area contributed by atoms with Crippen LogP contribution in [-0.4, -0.2) is 24.7 Å². The lowest BCUT2D eigenvalue weighted by Crippen LogP contribution is -2.52. The van der Waals surface area contributed by atoms with Gasteiger partial charge in [-0.25, -0.2) is 0 Å². The van der Waals surface area contributed by atoms with Gasteiger partial charge in [-0.2, -0.15) is 0 Å². The summed E-state index contributed by atoms with van der Waals surface area (Å²) < 4.78 is 11.6. The van der Waals surface area contributed by atoms with Crippen molar-refractivity contribution in [3.8, 4) is 11.5 Å². The van der Waals surface area contributed by atoms with E-state index in [1.165, 1.54) is 0 Å². The predicted octanol–water partition coefficient (Wildman–Crippen LogP) is 5.01. The molecule has 0 saturated carbocycles. The van der Waals surface area contributed by atoms with E-state index in [0.717, 1.165) is 35.6 Å². The maximum absolute atomic E-state index is 12.8. The fourth-order valence-electron chi connectivity index (χ4n) is 2.99. The number of aryl methyl sites for hydroxylation is 1. The highest BCUT2D eigenvalue weighted by Gasteiger charge is 2.40. The number of carbonyl (C=O) groups excluding carboxylic acids is 1. The fraction of sp³-hybridized carbons (Fsp3) is 0.381. The molecule has 0 bridgehead atoms. The molecule has 1 aliphatic heterocycles. The monoisotopic (exact) mass is 373 g/mol. The van der Waals surface area contributed by atoms with Crippen molar-refractivity contribution in [3.05, 3.63) is 53.1 Å². The van der Waals surface area contributed by atoms with E-state index in [2.05, 4.69) is 0 Å². The van der Waals surface area contributed by atoms with E-state index >= 15 is 0 Å². The summed E-state index contributed by atoms with van der Waals surface area (Å²) in [5.41, 5.74) is 1.12. The van der Waals surface area contributed by atoms with Gasteiger partial charge in [0.25, 0.3) is 5.91 Å². The highest BCUT2D eigenvalue weighted by atomic mass is 35.5. The zero-order valence-corrected chi connectivity index (χ0v) is 16.2. The Labute approximate surface area is 159 Å². The Morgan fingerprint density at radius 3 is 2.58 bits per heavy atom. The normalized spacial score (nSPS) is 15.4. The van der Waals surface area contributed by atoms with E-state index in [1.54, 1.807) is 0 Å². The summed E-state index contributed by atoms with van der Waals surface area (Å²) in [5, 5.41) is 0.694. The van der Waals surface area contributed by atoms with Gasteiger partial charge in [0.15, 0.2) is 5.60 Å². The summed E-state index contributed by atoms with van der Waals surface area (Å²) in [7, 11) is 0. The topological polar surface area (TPSA) is 38.8 Å². The molecule has 4 nitrogen and oxygen atoms in total. The fourth-order valence-corrected chi connectivity index (χ4v) is 3.12. The summed E-state index contributed by atoms with van der Waals surface area (Å²) in [6.07, 6.45) is 1.71.